The smallest absolute Gasteiger partial charge is 0.311 e. The zero-order chi connectivity index (χ0) is 15.5. The molecule has 1 rings (SSSR count). The Morgan fingerprint density at radius 3 is 2.33 bits per heavy atom. The van der Waals surface area contributed by atoms with Crippen LogP contribution in [0.4, 0.5) is 5.69 Å². The summed E-state index contributed by atoms with van der Waals surface area (Å²) in [6, 6.07) is 5.02. The molecular formula is C16H24BrNO3. The zero-order valence-electron chi connectivity index (χ0n) is 12.6. The van der Waals surface area contributed by atoms with Gasteiger partial charge in [0, 0.05) is 11.4 Å². The van der Waals surface area contributed by atoms with Crippen molar-refractivity contribution in [3.63, 3.8) is 0 Å². The number of nitro benzene ring substituents is 1. The van der Waals surface area contributed by atoms with Gasteiger partial charge in [-0.1, -0.05) is 60.2 Å². The molecule has 0 atom stereocenters. The van der Waals surface area contributed by atoms with Crippen molar-refractivity contribution in [3.8, 4) is 5.75 Å². The van der Waals surface area contributed by atoms with Crippen LogP contribution in [0.1, 0.15) is 50.5 Å². The molecule has 0 aliphatic carbocycles. The standard InChI is InChI=1S/C16H24BrNO3/c1-14-10-9-11-15(18(19)20)16(14)21-13-8-6-4-2-3-5-7-12-17/h9-11H,2-8,12-13H2,1H3. The molecule has 21 heavy (non-hydrogen) atoms. The minimum absolute atomic E-state index is 0.0600. The van der Waals surface area contributed by atoms with Crippen molar-refractivity contribution in [1.82, 2.24) is 0 Å². The summed E-state index contributed by atoms with van der Waals surface area (Å²) in [5.74, 6) is 0.417. The summed E-state index contributed by atoms with van der Waals surface area (Å²) in [6.45, 7) is 2.39. The van der Waals surface area contributed by atoms with E-state index < -0.39 is 0 Å². The second-order valence-electron chi connectivity index (χ2n) is 5.19. The Balaban J connectivity index is 2.23. The Morgan fingerprint density at radius 1 is 1.10 bits per heavy atom. The van der Waals surface area contributed by atoms with E-state index in [1.807, 2.05) is 13.0 Å². The van der Waals surface area contributed by atoms with Crippen molar-refractivity contribution < 1.29 is 9.66 Å². The van der Waals surface area contributed by atoms with E-state index in [2.05, 4.69) is 15.9 Å². The van der Waals surface area contributed by atoms with Gasteiger partial charge in [-0.3, -0.25) is 10.1 Å². The third-order valence-corrected chi connectivity index (χ3v) is 3.97. The molecule has 0 aliphatic heterocycles. The molecule has 0 heterocycles. The van der Waals surface area contributed by atoms with Gasteiger partial charge in [0.05, 0.1) is 11.5 Å². The number of hydrogen-bond acceptors (Lipinski definition) is 3. The van der Waals surface area contributed by atoms with Gasteiger partial charge in [0.2, 0.25) is 0 Å². The Hall–Kier alpha value is -1.10. The summed E-state index contributed by atoms with van der Waals surface area (Å²) in [5, 5.41) is 12.0. The number of rotatable bonds is 11. The van der Waals surface area contributed by atoms with Gasteiger partial charge in [-0.15, -0.1) is 0 Å². The van der Waals surface area contributed by atoms with Crippen molar-refractivity contribution in [1.29, 1.82) is 0 Å². The third kappa shape index (κ3) is 6.93. The fourth-order valence-corrected chi connectivity index (χ4v) is 2.62. The molecule has 0 spiro atoms. The second-order valence-corrected chi connectivity index (χ2v) is 5.99. The van der Waals surface area contributed by atoms with Gasteiger partial charge >= 0.3 is 5.69 Å². The van der Waals surface area contributed by atoms with E-state index in [4.69, 9.17) is 4.74 Å². The van der Waals surface area contributed by atoms with Gasteiger partial charge in [0.25, 0.3) is 0 Å². The lowest BCUT2D eigenvalue weighted by Crippen LogP contribution is -2.02. The highest BCUT2D eigenvalue weighted by Gasteiger charge is 2.16. The Labute approximate surface area is 135 Å². The van der Waals surface area contributed by atoms with Gasteiger partial charge < -0.3 is 4.74 Å². The molecule has 0 saturated carbocycles. The number of alkyl halides is 1. The molecule has 118 valence electrons. The number of halogens is 1. The maximum atomic E-state index is 11.0. The quantitative estimate of drug-likeness (QED) is 0.230. The summed E-state index contributed by atoms with van der Waals surface area (Å²) in [5.41, 5.74) is 0.878. The second kappa shape index (κ2) is 10.6. The predicted molar refractivity (Wildman–Crippen MR) is 89.4 cm³/mol. The van der Waals surface area contributed by atoms with E-state index in [9.17, 15) is 10.1 Å². The topological polar surface area (TPSA) is 52.4 Å². The van der Waals surface area contributed by atoms with Gasteiger partial charge in [0.1, 0.15) is 0 Å². The molecule has 0 amide bonds. The van der Waals surface area contributed by atoms with Crippen LogP contribution < -0.4 is 4.74 Å². The fourth-order valence-electron chi connectivity index (χ4n) is 2.22. The average molecular weight is 358 g/mol. The van der Waals surface area contributed by atoms with Gasteiger partial charge in [-0.25, -0.2) is 0 Å². The molecule has 0 N–H and O–H groups in total. The number of aryl methyl sites for hydroxylation is 1. The molecule has 0 fully saturated rings. The number of nitro groups is 1. The number of para-hydroxylation sites is 1. The van der Waals surface area contributed by atoms with Crippen molar-refractivity contribution in [2.24, 2.45) is 0 Å². The Bertz CT molecular complexity index is 438. The number of hydrogen-bond donors (Lipinski definition) is 0. The monoisotopic (exact) mass is 357 g/mol. The highest BCUT2D eigenvalue weighted by molar-refractivity contribution is 9.09. The van der Waals surface area contributed by atoms with E-state index >= 15 is 0 Å². The van der Waals surface area contributed by atoms with E-state index in [0.717, 1.165) is 23.7 Å². The lowest BCUT2D eigenvalue weighted by atomic mass is 10.1. The first-order valence-corrected chi connectivity index (χ1v) is 8.71. The van der Waals surface area contributed by atoms with Crippen molar-refractivity contribution in [2.75, 3.05) is 11.9 Å². The van der Waals surface area contributed by atoms with Gasteiger partial charge in [-0.05, 0) is 25.3 Å². The zero-order valence-corrected chi connectivity index (χ0v) is 14.2. The Morgan fingerprint density at radius 2 is 1.71 bits per heavy atom. The first-order valence-electron chi connectivity index (χ1n) is 7.59. The Kier molecular flexibility index (Phi) is 9.06. The first-order chi connectivity index (χ1) is 10.2. The van der Waals surface area contributed by atoms with Crippen LogP contribution in [0.3, 0.4) is 0 Å². The first kappa shape index (κ1) is 18.0. The number of nitrogens with zero attached hydrogens (tertiary/aromatic N) is 1. The van der Waals surface area contributed by atoms with E-state index in [-0.39, 0.29) is 10.6 Å². The van der Waals surface area contributed by atoms with Crippen molar-refractivity contribution in [2.45, 2.75) is 51.9 Å². The summed E-state index contributed by atoms with van der Waals surface area (Å²) < 4.78 is 5.63. The van der Waals surface area contributed by atoms with Crippen LogP contribution in [0.2, 0.25) is 0 Å². The SMILES string of the molecule is Cc1cccc([N+](=O)[O-])c1OCCCCCCCCCBr. The highest BCUT2D eigenvalue weighted by Crippen LogP contribution is 2.30. The number of unbranched alkanes of at least 4 members (excludes halogenated alkanes) is 6. The number of benzene rings is 1. The van der Waals surface area contributed by atoms with E-state index in [1.54, 1.807) is 6.07 Å². The normalized spacial score (nSPS) is 10.6. The molecule has 4 nitrogen and oxygen atoms in total. The molecular weight excluding hydrogens is 334 g/mol. The van der Waals surface area contributed by atoms with Crippen LogP contribution in [0, 0.1) is 17.0 Å². The van der Waals surface area contributed by atoms with E-state index in [1.165, 1.54) is 38.2 Å². The molecule has 0 aliphatic rings. The lowest BCUT2D eigenvalue weighted by Gasteiger charge is -2.09. The molecule has 0 unspecified atom stereocenters. The summed E-state index contributed by atoms with van der Waals surface area (Å²) in [7, 11) is 0. The highest BCUT2D eigenvalue weighted by atomic mass is 79.9. The van der Waals surface area contributed by atoms with Gasteiger partial charge in [0.15, 0.2) is 5.75 Å². The predicted octanol–water partition coefficient (Wildman–Crippen LogP) is 5.41. The van der Waals surface area contributed by atoms with Crippen LogP contribution >= 0.6 is 15.9 Å². The molecule has 5 heteroatoms. The molecule has 1 aromatic carbocycles. The van der Waals surface area contributed by atoms with Crippen molar-refractivity contribution >= 4 is 21.6 Å². The minimum atomic E-state index is -0.383. The molecule has 0 radical (unpaired) electrons. The van der Waals surface area contributed by atoms with Crippen LogP contribution in [0.25, 0.3) is 0 Å². The fraction of sp³-hybridized carbons (Fsp3) is 0.625. The van der Waals surface area contributed by atoms with Crippen molar-refractivity contribution in [3.05, 3.63) is 33.9 Å². The van der Waals surface area contributed by atoms with Crippen LogP contribution in [0.15, 0.2) is 18.2 Å². The average Bonchev–Trinajstić information content (AvgIpc) is 2.46. The van der Waals surface area contributed by atoms with Crippen LogP contribution in [-0.2, 0) is 0 Å². The molecule has 0 bridgehead atoms. The maximum Gasteiger partial charge on any atom is 0.311 e. The van der Waals surface area contributed by atoms with Crippen LogP contribution in [0.5, 0.6) is 5.75 Å². The largest absolute Gasteiger partial charge is 0.487 e. The summed E-state index contributed by atoms with van der Waals surface area (Å²) >= 11 is 3.43. The maximum absolute atomic E-state index is 11.0. The lowest BCUT2D eigenvalue weighted by molar-refractivity contribution is -0.385. The minimum Gasteiger partial charge on any atom is -0.487 e. The van der Waals surface area contributed by atoms with Gasteiger partial charge in [-0.2, -0.15) is 0 Å². The molecule has 0 aromatic heterocycles. The van der Waals surface area contributed by atoms with Crippen LogP contribution in [-0.4, -0.2) is 16.9 Å². The summed E-state index contributed by atoms with van der Waals surface area (Å²) in [6.07, 6.45) is 8.36. The molecule has 1 aromatic rings. The number of ether oxygens (including phenoxy) is 1. The van der Waals surface area contributed by atoms with E-state index in [0.29, 0.717) is 12.4 Å². The third-order valence-electron chi connectivity index (χ3n) is 3.41. The summed E-state index contributed by atoms with van der Waals surface area (Å²) in [4.78, 5) is 10.6. The molecule has 0 saturated heterocycles.